The fraction of sp³-hybridized carbons (Fsp3) is 0.500. The van der Waals surface area contributed by atoms with Crippen LogP contribution in [-0.2, 0) is 13.0 Å². The van der Waals surface area contributed by atoms with Crippen LogP contribution in [-0.4, -0.2) is 26.8 Å². The van der Waals surface area contributed by atoms with Crippen molar-refractivity contribution in [3.8, 4) is 0 Å². The molecule has 102 valence electrons. The zero-order chi connectivity index (χ0) is 13.7. The van der Waals surface area contributed by atoms with E-state index in [9.17, 15) is 0 Å². The Morgan fingerprint density at radius 3 is 2.63 bits per heavy atom. The van der Waals surface area contributed by atoms with Gasteiger partial charge in [0.05, 0.1) is 6.54 Å². The predicted octanol–water partition coefficient (Wildman–Crippen LogP) is 1.74. The predicted molar refractivity (Wildman–Crippen MR) is 74.8 cm³/mol. The molecule has 0 spiro atoms. The van der Waals surface area contributed by atoms with Crippen LogP contribution >= 0.6 is 0 Å². The van der Waals surface area contributed by atoms with E-state index in [4.69, 9.17) is 5.73 Å². The smallest absolute Gasteiger partial charge is 0.176 e. The molecule has 1 unspecified atom stereocenters. The summed E-state index contributed by atoms with van der Waals surface area (Å²) in [6.07, 6.45) is 1.83. The quantitative estimate of drug-likeness (QED) is 0.857. The number of benzene rings is 1. The molecule has 1 atom stereocenters. The van der Waals surface area contributed by atoms with Crippen molar-refractivity contribution in [2.45, 2.75) is 39.2 Å². The fourth-order valence-electron chi connectivity index (χ4n) is 1.92. The molecule has 1 heterocycles. The second-order valence-corrected chi connectivity index (χ2v) is 4.83. The molecular weight excluding hydrogens is 238 g/mol. The molecular formula is C14H21N5. The van der Waals surface area contributed by atoms with Crippen LogP contribution in [0.3, 0.4) is 0 Å². The van der Waals surface area contributed by atoms with Crippen LogP contribution < -0.4 is 5.73 Å². The summed E-state index contributed by atoms with van der Waals surface area (Å²) in [5, 5.41) is 12.3. The Labute approximate surface area is 113 Å². The monoisotopic (exact) mass is 259 g/mol. The van der Waals surface area contributed by atoms with Crippen molar-refractivity contribution in [1.82, 2.24) is 20.2 Å². The number of hydrogen-bond acceptors (Lipinski definition) is 4. The van der Waals surface area contributed by atoms with Crippen LogP contribution in [0.1, 0.15) is 43.1 Å². The van der Waals surface area contributed by atoms with Gasteiger partial charge in [-0.2, -0.15) is 4.80 Å². The molecule has 0 saturated carbocycles. The van der Waals surface area contributed by atoms with Crippen molar-refractivity contribution in [2.24, 2.45) is 5.73 Å². The molecule has 0 fully saturated rings. The van der Waals surface area contributed by atoms with Crippen LogP contribution in [0.5, 0.6) is 0 Å². The van der Waals surface area contributed by atoms with Crippen LogP contribution in [0.2, 0.25) is 0 Å². The van der Waals surface area contributed by atoms with E-state index in [1.807, 2.05) is 0 Å². The number of rotatable bonds is 6. The molecule has 1 aromatic heterocycles. The summed E-state index contributed by atoms with van der Waals surface area (Å²) >= 11 is 0. The minimum atomic E-state index is 0.551. The van der Waals surface area contributed by atoms with Crippen molar-refractivity contribution in [3.05, 3.63) is 41.2 Å². The van der Waals surface area contributed by atoms with Crippen LogP contribution in [0.4, 0.5) is 0 Å². The largest absolute Gasteiger partial charge is 0.330 e. The van der Waals surface area contributed by atoms with Gasteiger partial charge in [0.25, 0.3) is 0 Å². The number of aromatic nitrogens is 4. The number of nitrogens with zero attached hydrogens (tertiary/aromatic N) is 4. The van der Waals surface area contributed by atoms with E-state index in [0.717, 1.165) is 6.42 Å². The van der Waals surface area contributed by atoms with E-state index >= 15 is 0 Å². The molecule has 0 amide bonds. The van der Waals surface area contributed by atoms with Crippen LogP contribution in [0.25, 0.3) is 0 Å². The Morgan fingerprint density at radius 2 is 2.00 bits per heavy atom. The minimum Gasteiger partial charge on any atom is -0.330 e. The van der Waals surface area contributed by atoms with Gasteiger partial charge in [-0.1, -0.05) is 38.1 Å². The molecule has 0 bridgehead atoms. The first-order valence-electron chi connectivity index (χ1n) is 6.78. The normalized spacial score (nSPS) is 12.6. The standard InChI is InChI=1S/C14H21N5/c1-3-11(2)13-6-4-12(5-7-13)10-19-17-14(8-9-15)16-18-19/h4-7,11H,3,8-10,15H2,1-2H3. The maximum absolute atomic E-state index is 5.46. The van der Waals surface area contributed by atoms with Gasteiger partial charge < -0.3 is 5.73 Å². The first kappa shape index (κ1) is 13.7. The third kappa shape index (κ3) is 3.61. The summed E-state index contributed by atoms with van der Waals surface area (Å²) in [5.74, 6) is 1.31. The summed E-state index contributed by atoms with van der Waals surface area (Å²) in [4.78, 5) is 1.61. The summed E-state index contributed by atoms with van der Waals surface area (Å²) in [6.45, 7) is 5.65. The Balaban J connectivity index is 2.02. The second kappa shape index (κ2) is 6.43. The highest BCUT2D eigenvalue weighted by Crippen LogP contribution is 2.18. The van der Waals surface area contributed by atoms with Gasteiger partial charge in [-0.25, -0.2) is 0 Å². The average molecular weight is 259 g/mol. The molecule has 0 radical (unpaired) electrons. The minimum absolute atomic E-state index is 0.551. The lowest BCUT2D eigenvalue weighted by Gasteiger charge is -2.09. The first-order valence-corrected chi connectivity index (χ1v) is 6.78. The SMILES string of the molecule is CCC(C)c1ccc(Cn2nnc(CCN)n2)cc1. The van der Waals surface area contributed by atoms with E-state index in [1.165, 1.54) is 11.1 Å². The van der Waals surface area contributed by atoms with E-state index in [2.05, 4.69) is 53.5 Å². The number of hydrogen-bond donors (Lipinski definition) is 1. The van der Waals surface area contributed by atoms with Crippen molar-refractivity contribution >= 4 is 0 Å². The first-order chi connectivity index (χ1) is 9.22. The molecule has 5 nitrogen and oxygen atoms in total. The van der Waals surface area contributed by atoms with E-state index in [0.29, 0.717) is 31.3 Å². The summed E-state index contributed by atoms with van der Waals surface area (Å²) in [5.41, 5.74) is 8.02. The van der Waals surface area contributed by atoms with Crippen molar-refractivity contribution in [3.63, 3.8) is 0 Å². The second-order valence-electron chi connectivity index (χ2n) is 4.83. The van der Waals surface area contributed by atoms with Gasteiger partial charge in [0.1, 0.15) is 0 Å². The van der Waals surface area contributed by atoms with Gasteiger partial charge in [0.2, 0.25) is 0 Å². The van der Waals surface area contributed by atoms with Crippen LogP contribution in [0.15, 0.2) is 24.3 Å². The molecule has 2 rings (SSSR count). The molecule has 19 heavy (non-hydrogen) atoms. The summed E-state index contributed by atoms with van der Waals surface area (Å²) < 4.78 is 0. The Hall–Kier alpha value is -1.75. The van der Waals surface area contributed by atoms with Crippen LogP contribution in [0, 0.1) is 0 Å². The Bertz CT molecular complexity index is 503. The van der Waals surface area contributed by atoms with Gasteiger partial charge in [0.15, 0.2) is 5.82 Å². The van der Waals surface area contributed by atoms with Crippen molar-refractivity contribution in [2.75, 3.05) is 6.54 Å². The van der Waals surface area contributed by atoms with Gasteiger partial charge in [0, 0.05) is 6.42 Å². The topological polar surface area (TPSA) is 69.6 Å². The molecule has 0 saturated heterocycles. The third-order valence-corrected chi connectivity index (χ3v) is 3.35. The third-order valence-electron chi connectivity index (χ3n) is 3.35. The van der Waals surface area contributed by atoms with Gasteiger partial charge >= 0.3 is 0 Å². The fourth-order valence-corrected chi connectivity index (χ4v) is 1.92. The van der Waals surface area contributed by atoms with E-state index < -0.39 is 0 Å². The Kier molecular flexibility index (Phi) is 4.63. The maximum atomic E-state index is 5.46. The summed E-state index contributed by atoms with van der Waals surface area (Å²) in [7, 11) is 0. The molecule has 0 aliphatic rings. The van der Waals surface area contributed by atoms with E-state index in [-0.39, 0.29) is 0 Å². The molecule has 0 aliphatic carbocycles. The van der Waals surface area contributed by atoms with Gasteiger partial charge in [-0.05, 0) is 35.2 Å². The number of tetrazole rings is 1. The molecule has 1 aromatic carbocycles. The lowest BCUT2D eigenvalue weighted by Crippen LogP contribution is -2.06. The lowest BCUT2D eigenvalue weighted by molar-refractivity contribution is 0.570. The van der Waals surface area contributed by atoms with Crippen molar-refractivity contribution < 1.29 is 0 Å². The lowest BCUT2D eigenvalue weighted by atomic mass is 9.98. The maximum Gasteiger partial charge on any atom is 0.176 e. The molecule has 0 aliphatic heterocycles. The van der Waals surface area contributed by atoms with E-state index in [1.54, 1.807) is 4.80 Å². The van der Waals surface area contributed by atoms with Gasteiger partial charge in [-0.15, -0.1) is 10.2 Å². The Morgan fingerprint density at radius 1 is 1.26 bits per heavy atom. The zero-order valence-electron chi connectivity index (χ0n) is 11.6. The highest BCUT2D eigenvalue weighted by Gasteiger charge is 2.05. The average Bonchev–Trinajstić information content (AvgIpc) is 2.86. The highest BCUT2D eigenvalue weighted by molar-refractivity contribution is 5.24. The molecule has 5 heteroatoms. The molecule has 2 aromatic rings. The highest BCUT2D eigenvalue weighted by atomic mass is 15.6. The summed E-state index contributed by atoms with van der Waals surface area (Å²) in [6, 6.07) is 8.63. The zero-order valence-corrected chi connectivity index (χ0v) is 11.6. The number of nitrogens with two attached hydrogens (primary N) is 1. The van der Waals surface area contributed by atoms with Crippen molar-refractivity contribution in [1.29, 1.82) is 0 Å². The van der Waals surface area contributed by atoms with Gasteiger partial charge in [-0.3, -0.25) is 0 Å². The molecule has 2 N–H and O–H groups in total.